The van der Waals surface area contributed by atoms with E-state index < -0.39 is 0 Å². The van der Waals surface area contributed by atoms with Crippen LogP contribution in [-0.4, -0.2) is 42.2 Å². The summed E-state index contributed by atoms with van der Waals surface area (Å²) >= 11 is 0. The molecule has 1 rings (SSSR count). The number of rotatable bonds is 6. The van der Waals surface area contributed by atoms with E-state index in [0.29, 0.717) is 37.6 Å². The Morgan fingerprint density at radius 1 is 1.44 bits per heavy atom. The number of hydrogen-bond acceptors (Lipinski definition) is 4. The molecule has 0 radical (unpaired) electrons. The minimum atomic E-state index is -0.189. The predicted molar refractivity (Wildman–Crippen MR) is 70.6 cm³/mol. The highest BCUT2D eigenvalue weighted by Gasteiger charge is 2.17. The van der Waals surface area contributed by atoms with E-state index in [1.807, 2.05) is 13.8 Å². The molecule has 5 heteroatoms. The van der Waals surface area contributed by atoms with Gasteiger partial charge in [-0.1, -0.05) is 0 Å². The third kappa shape index (κ3) is 3.63. The van der Waals surface area contributed by atoms with Gasteiger partial charge in [-0.3, -0.25) is 4.79 Å². The summed E-state index contributed by atoms with van der Waals surface area (Å²) in [5, 5.41) is 9.40. The van der Waals surface area contributed by atoms with E-state index in [9.17, 15) is 9.90 Å². The fraction of sp³-hybridized carbons (Fsp3) is 0.462. The number of amides is 1. The topological polar surface area (TPSA) is 75.8 Å². The Hall–Kier alpha value is -1.75. The van der Waals surface area contributed by atoms with Crippen LogP contribution in [0.1, 0.15) is 24.2 Å². The van der Waals surface area contributed by atoms with Crippen LogP contribution in [0.3, 0.4) is 0 Å². The van der Waals surface area contributed by atoms with E-state index in [2.05, 4.69) is 0 Å². The first-order chi connectivity index (χ1) is 8.60. The molecule has 0 aliphatic rings. The molecule has 0 aromatic heterocycles. The quantitative estimate of drug-likeness (QED) is 0.457. The van der Waals surface area contributed by atoms with Crippen LogP contribution in [0.15, 0.2) is 18.2 Å². The maximum atomic E-state index is 12.2. The number of likely N-dealkylation sites (N-methyl/N-ethyl adjacent to an activating group) is 1. The fourth-order valence-corrected chi connectivity index (χ4v) is 1.62. The Balaban J connectivity index is 2.79. The molecule has 0 fully saturated rings. The monoisotopic (exact) mass is 252 g/mol. The normalized spacial score (nSPS) is 10.3. The lowest BCUT2D eigenvalue weighted by Crippen LogP contribution is -2.34. The van der Waals surface area contributed by atoms with E-state index in [-0.39, 0.29) is 11.7 Å². The molecule has 18 heavy (non-hydrogen) atoms. The average molecular weight is 252 g/mol. The molecule has 0 unspecified atom stereocenters. The summed E-state index contributed by atoms with van der Waals surface area (Å²) in [4.78, 5) is 13.9. The van der Waals surface area contributed by atoms with Gasteiger partial charge in [-0.25, -0.2) is 0 Å². The maximum absolute atomic E-state index is 12.2. The Kier molecular flexibility index (Phi) is 5.45. The van der Waals surface area contributed by atoms with E-state index >= 15 is 0 Å². The summed E-state index contributed by atoms with van der Waals surface area (Å²) < 4.78 is 5.23. The van der Waals surface area contributed by atoms with Crippen molar-refractivity contribution in [3.63, 3.8) is 0 Å². The number of phenols is 1. The number of phenolic OH excluding ortho intramolecular Hbond substituents is 1. The first kappa shape index (κ1) is 14.3. The number of nitrogens with two attached hydrogens (primary N) is 1. The van der Waals surface area contributed by atoms with Crippen molar-refractivity contribution in [2.45, 2.75) is 13.8 Å². The van der Waals surface area contributed by atoms with E-state index in [1.165, 1.54) is 18.2 Å². The van der Waals surface area contributed by atoms with E-state index in [1.54, 1.807) is 4.90 Å². The van der Waals surface area contributed by atoms with Crippen molar-refractivity contribution < 1.29 is 14.6 Å². The SMILES string of the molecule is CCOCCN(CC)C(=O)c1cc(O)ccc1N. The summed E-state index contributed by atoms with van der Waals surface area (Å²) in [5.41, 5.74) is 6.44. The average Bonchev–Trinajstić information content (AvgIpc) is 2.37. The lowest BCUT2D eigenvalue weighted by molar-refractivity contribution is 0.0670. The zero-order chi connectivity index (χ0) is 13.5. The van der Waals surface area contributed by atoms with Crippen molar-refractivity contribution in [1.82, 2.24) is 4.90 Å². The van der Waals surface area contributed by atoms with Crippen LogP contribution in [-0.2, 0) is 4.74 Å². The van der Waals surface area contributed by atoms with Crippen LogP contribution in [0.2, 0.25) is 0 Å². The van der Waals surface area contributed by atoms with Crippen LogP contribution in [0.4, 0.5) is 5.69 Å². The highest BCUT2D eigenvalue weighted by Crippen LogP contribution is 2.20. The van der Waals surface area contributed by atoms with Gasteiger partial charge in [0.25, 0.3) is 5.91 Å². The van der Waals surface area contributed by atoms with Crippen molar-refractivity contribution >= 4 is 11.6 Å². The van der Waals surface area contributed by atoms with Crippen LogP contribution < -0.4 is 5.73 Å². The highest BCUT2D eigenvalue weighted by molar-refractivity contribution is 5.99. The molecule has 0 aliphatic carbocycles. The molecule has 0 atom stereocenters. The molecule has 1 aromatic carbocycles. The highest BCUT2D eigenvalue weighted by atomic mass is 16.5. The molecule has 0 saturated carbocycles. The van der Waals surface area contributed by atoms with Gasteiger partial charge in [0.05, 0.1) is 12.2 Å². The number of aromatic hydroxyl groups is 1. The Bertz CT molecular complexity index is 407. The zero-order valence-electron chi connectivity index (χ0n) is 10.8. The second-order valence-corrected chi connectivity index (χ2v) is 3.85. The number of nitrogens with zero attached hydrogens (tertiary/aromatic N) is 1. The van der Waals surface area contributed by atoms with Gasteiger partial charge in [0.1, 0.15) is 5.75 Å². The summed E-state index contributed by atoms with van der Waals surface area (Å²) in [6, 6.07) is 4.38. The molecule has 0 saturated heterocycles. The van der Waals surface area contributed by atoms with Crippen molar-refractivity contribution in [2.75, 3.05) is 32.0 Å². The number of benzene rings is 1. The van der Waals surface area contributed by atoms with Crippen LogP contribution in [0, 0.1) is 0 Å². The molecule has 1 amide bonds. The largest absolute Gasteiger partial charge is 0.508 e. The minimum absolute atomic E-state index is 0.0356. The summed E-state index contributed by atoms with van der Waals surface area (Å²) in [7, 11) is 0. The maximum Gasteiger partial charge on any atom is 0.256 e. The zero-order valence-corrected chi connectivity index (χ0v) is 10.8. The number of ether oxygens (including phenoxy) is 1. The molecular weight excluding hydrogens is 232 g/mol. The summed E-state index contributed by atoms with van der Waals surface area (Å²) in [6.45, 7) is 6.00. The number of hydrogen-bond donors (Lipinski definition) is 2. The number of nitrogen functional groups attached to an aromatic ring is 1. The first-order valence-electron chi connectivity index (χ1n) is 6.05. The second kappa shape index (κ2) is 6.86. The molecule has 0 aliphatic heterocycles. The van der Waals surface area contributed by atoms with Gasteiger partial charge in [0.2, 0.25) is 0 Å². The number of carbonyl (C=O) groups excluding carboxylic acids is 1. The van der Waals surface area contributed by atoms with Gasteiger partial charge in [0.15, 0.2) is 0 Å². The molecule has 100 valence electrons. The third-order valence-electron chi connectivity index (χ3n) is 2.65. The van der Waals surface area contributed by atoms with Crippen LogP contribution in [0.5, 0.6) is 5.75 Å². The van der Waals surface area contributed by atoms with Gasteiger partial charge < -0.3 is 20.5 Å². The van der Waals surface area contributed by atoms with E-state index in [4.69, 9.17) is 10.5 Å². The lowest BCUT2D eigenvalue weighted by atomic mass is 10.1. The number of carbonyl (C=O) groups is 1. The van der Waals surface area contributed by atoms with Crippen molar-refractivity contribution in [1.29, 1.82) is 0 Å². The van der Waals surface area contributed by atoms with Gasteiger partial charge in [-0.15, -0.1) is 0 Å². The van der Waals surface area contributed by atoms with Crippen LogP contribution in [0.25, 0.3) is 0 Å². The standard InChI is InChI=1S/C13H20N2O3/c1-3-15(7-8-18-4-2)13(17)11-9-10(16)5-6-12(11)14/h5-6,9,16H,3-4,7-8,14H2,1-2H3. The predicted octanol–water partition coefficient (Wildman–Crippen LogP) is 1.47. The Morgan fingerprint density at radius 3 is 2.78 bits per heavy atom. The molecule has 0 spiro atoms. The molecule has 3 N–H and O–H groups in total. The second-order valence-electron chi connectivity index (χ2n) is 3.85. The van der Waals surface area contributed by atoms with Crippen molar-refractivity contribution in [3.05, 3.63) is 23.8 Å². The summed E-state index contributed by atoms with van der Waals surface area (Å²) in [6.07, 6.45) is 0. The van der Waals surface area contributed by atoms with Gasteiger partial charge >= 0.3 is 0 Å². The molecule has 1 aromatic rings. The van der Waals surface area contributed by atoms with Gasteiger partial charge in [0, 0.05) is 25.4 Å². The summed E-state index contributed by atoms with van der Waals surface area (Å²) in [5.74, 6) is -0.154. The Labute approximate surface area is 107 Å². The van der Waals surface area contributed by atoms with Crippen LogP contribution >= 0.6 is 0 Å². The Morgan fingerprint density at radius 2 is 2.17 bits per heavy atom. The molecular formula is C13H20N2O3. The molecule has 0 bridgehead atoms. The minimum Gasteiger partial charge on any atom is -0.508 e. The lowest BCUT2D eigenvalue weighted by Gasteiger charge is -2.21. The van der Waals surface area contributed by atoms with Crippen molar-refractivity contribution in [2.24, 2.45) is 0 Å². The third-order valence-corrected chi connectivity index (χ3v) is 2.65. The molecule has 0 heterocycles. The first-order valence-corrected chi connectivity index (χ1v) is 6.05. The molecule has 5 nitrogen and oxygen atoms in total. The van der Waals surface area contributed by atoms with E-state index in [0.717, 1.165) is 0 Å². The van der Waals surface area contributed by atoms with Gasteiger partial charge in [-0.2, -0.15) is 0 Å². The fourth-order valence-electron chi connectivity index (χ4n) is 1.62. The van der Waals surface area contributed by atoms with Gasteiger partial charge in [-0.05, 0) is 32.0 Å². The smallest absolute Gasteiger partial charge is 0.256 e. The van der Waals surface area contributed by atoms with Crippen molar-refractivity contribution in [3.8, 4) is 5.75 Å². The number of anilines is 1.